The highest BCUT2D eigenvalue weighted by Crippen LogP contribution is 2.17. The van der Waals surface area contributed by atoms with Crippen LogP contribution in [0.15, 0.2) is 24.3 Å². The second-order valence-electron chi connectivity index (χ2n) is 3.44. The van der Waals surface area contributed by atoms with E-state index in [2.05, 4.69) is 36.4 Å². The number of terminal acetylenes is 1. The predicted octanol–water partition coefficient (Wildman–Crippen LogP) is 3.07. The minimum absolute atomic E-state index is 0.0907. The fourth-order valence-electron chi connectivity index (χ4n) is 1.42. The molecule has 1 aromatic rings. The van der Waals surface area contributed by atoms with Gasteiger partial charge in [0.2, 0.25) is 0 Å². The fourth-order valence-corrected chi connectivity index (χ4v) is 1.42. The summed E-state index contributed by atoms with van der Waals surface area (Å²) in [5.74, 6) is 2.67. The highest BCUT2D eigenvalue weighted by molar-refractivity contribution is 5.52. The molecular formula is C13H17N. The lowest BCUT2D eigenvalue weighted by Crippen LogP contribution is -2.13. The molecule has 0 radical (unpaired) electrons. The molecule has 1 unspecified atom stereocenters. The third kappa shape index (κ3) is 2.81. The summed E-state index contributed by atoms with van der Waals surface area (Å²) in [5.41, 5.74) is 2.51. The summed E-state index contributed by atoms with van der Waals surface area (Å²) in [6, 6.07) is 8.42. The molecule has 1 atom stereocenters. The van der Waals surface area contributed by atoms with E-state index < -0.39 is 0 Å². The summed E-state index contributed by atoms with van der Waals surface area (Å²) in [6.45, 7) is 4.17. The van der Waals surface area contributed by atoms with Crippen molar-refractivity contribution in [2.75, 3.05) is 5.32 Å². The first-order valence-electron chi connectivity index (χ1n) is 5.08. The van der Waals surface area contributed by atoms with Crippen molar-refractivity contribution < 1.29 is 0 Å². The first-order valence-corrected chi connectivity index (χ1v) is 5.08. The second kappa shape index (κ2) is 5.34. The van der Waals surface area contributed by atoms with Crippen LogP contribution < -0.4 is 5.32 Å². The van der Waals surface area contributed by atoms with E-state index in [-0.39, 0.29) is 6.04 Å². The lowest BCUT2D eigenvalue weighted by atomic mass is 10.1. The largest absolute Gasteiger partial charge is 0.372 e. The van der Waals surface area contributed by atoms with Gasteiger partial charge in [0, 0.05) is 5.69 Å². The first kappa shape index (κ1) is 10.7. The Bertz CT molecular complexity index is 322. The highest BCUT2D eigenvalue weighted by Gasteiger charge is 2.02. The molecule has 0 amide bonds. The molecular weight excluding hydrogens is 170 g/mol. The smallest absolute Gasteiger partial charge is 0.0845 e. The Morgan fingerprint density at radius 1 is 1.43 bits per heavy atom. The fraction of sp³-hybridized carbons (Fsp3) is 0.385. The molecule has 0 aliphatic rings. The van der Waals surface area contributed by atoms with E-state index in [0.29, 0.717) is 0 Å². The molecule has 74 valence electrons. The number of hydrogen-bond acceptors (Lipinski definition) is 1. The van der Waals surface area contributed by atoms with Crippen LogP contribution in [0.25, 0.3) is 0 Å². The van der Waals surface area contributed by atoms with Crippen molar-refractivity contribution in [1.29, 1.82) is 0 Å². The SMILES string of the molecule is C#CC(C)Nc1ccccc1CCC. The summed E-state index contributed by atoms with van der Waals surface area (Å²) < 4.78 is 0. The summed E-state index contributed by atoms with van der Waals surface area (Å²) in [4.78, 5) is 0. The molecule has 0 aliphatic carbocycles. The maximum Gasteiger partial charge on any atom is 0.0845 e. The second-order valence-corrected chi connectivity index (χ2v) is 3.44. The summed E-state index contributed by atoms with van der Waals surface area (Å²) in [6.07, 6.45) is 7.58. The van der Waals surface area contributed by atoms with Gasteiger partial charge >= 0.3 is 0 Å². The van der Waals surface area contributed by atoms with Crippen molar-refractivity contribution in [2.45, 2.75) is 32.7 Å². The molecule has 0 aliphatic heterocycles. The van der Waals surface area contributed by atoms with Gasteiger partial charge in [0.25, 0.3) is 0 Å². The van der Waals surface area contributed by atoms with Crippen LogP contribution >= 0.6 is 0 Å². The molecule has 1 aromatic carbocycles. The van der Waals surface area contributed by atoms with Gasteiger partial charge in [0.1, 0.15) is 0 Å². The van der Waals surface area contributed by atoms with Crippen LogP contribution in [0.1, 0.15) is 25.8 Å². The monoisotopic (exact) mass is 187 g/mol. The van der Waals surface area contributed by atoms with Gasteiger partial charge in [-0.05, 0) is 25.0 Å². The van der Waals surface area contributed by atoms with Gasteiger partial charge in [-0.15, -0.1) is 6.42 Å². The predicted molar refractivity (Wildman–Crippen MR) is 62.4 cm³/mol. The molecule has 14 heavy (non-hydrogen) atoms. The number of nitrogens with one attached hydrogen (secondary N) is 1. The number of anilines is 1. The molecule has 0 saturated heterocycles. The zero-order valence-corrected chi connectivity index (χ0v) is 8.88. The van der Waals surface area contributed by atoms with Crippen molar-refractivity contribution in [2.24, 2.45) is 0 Å². The summed E-state index contributed by atoms with van der Waals surface area (Å²) >= 11 is 0. The van der Waals surface area contributed by atoms with E-state index in [4.69, 9.17) is 6.42 Å². The number of hydrogen-bond donors (Lipinski definition) is 1. The van der Waals surface area contributed by atoms with Crippen LogP contribution in [0.5, 0.6) is 0 Å². The zero-order chi connectivity index (χ0) is 10.4. The Morgan fingerprint density at radius 3 is 2.79 bits per heavy atom. The van der Waals surface area contributed by atoms with Gasteiger partial charge in [-0.1, -0.05) is 37.5 Å². The molecule has 0 spiro atoms. The molecule has 1 nitrogen and oxygen atoms in total. The molecule has 0 aromatic heterocycles. The van der Waals surface area contributed by atoms with Gasteiger partial charge in [-0.3, -0.25) is 0 Å². The Morgan fingerprint density at radius 2 is 2.14 bits per heavy atom. The standard InChI is InChI=1S/C13H17N/c1-4-8-12-9-6-7-10-13(12)14-11(3)5-2/h2,6-7,9-11,14H,4,8H2,1,3H3. The van der Waals surface area contributed by atoms with E-state index in [1.807, 2.05) is 13.0 Å². The van der Waals surface area contributed by atoms with E-state index >= 15 is 0 Å². The molecule has 1 rings (SSSR count). The molecule has 0 bridgehead atoms. The number of para-hydroxylation sites is 1. The highest BCUT2D eigenvalue weighted by atomic mass is 14.9. The molecule has 1 heteroatoms. The topological polar surface area (TPSA) is 12.0 Å². The van der Waals surface area contributed by atoms with Crippen molar-refractivity contribution in [3.05, 3.63) is 29.8 Å². The quantitative estimate of drug-likeness (QED) is 0.714. The third-order valence-corrected chi connectivity index (χ3v) is 2.16. The Balaban J connectivity index is 2.79. The molecule has 0 fully saturated rings. The number of aryl methyl sites for hydroxylation is 1. The lowest BCUT2D eigenvalue weighted by Gasteiger charge is -2.13. The Kier molecular flexibility index (Phi) is 4.07. The van der Waals surface area contributed by atoms with Crippen molar-refractivity contribution >= 4 is 5.69 Å². The number of rotatable bonds is 4. The van der Waals surface area contributed by atoms with Gasteiger partial charge in [-0.2, -0.15) is 0 Å². The van der Waals surface area contributed by atoms with Crippen molar-refractivity contribution in [3.8, 4) is 12.3 Å². The molecule has 1 N–H and O–H groups in total. The van der Waals surface area contributed by atoms with Gasteiger partial charge < -0.3 is 5.32 Å². The maximum absolute atomic E-state index is 5.33. The average Bonchev–Trinajstić information content (AvgIpc) is 2.21. The summed E-state index contributed by atoms with van der Waals surface area (Å²) in [7, 11) is 0. The van der Waals surface area contributed by atoms with Crippen LogP contribution in [-0.4, -0.2) is 6.04 Å². The van der Waals surface area contributed by atoms with Gasteiger partial charge in [0.05, 0.1) is 6.04 Å². The van der Waals surface area contributed by atoms with Crippen LogP contribution in [0, 0.1) is 12.3 Å². The summed E-state index contributed by atoms with van der Waals surface area (Å²) in [5, 5.41) is 3.31. The normalized spacial score (nSPS) is 11.8. The first-order chi connectivity index (χ1) is 6.77. The van der Waals surface area contributed by atoms with Crippen molar-refractivity contribution in [3.63, 3.8) is 0 Å². The van der Waals surface area contributed by atoms with Crippen LogP contribution in [0.2, 0.25) is 0 Å². The minimum atomic E-state index is 0.0907. The minimum Gasteiger partial charge on any atom is -0.372 e. The van der Waals surface area contributed by atoms with Crippen LogP contribution in [-0.2, 0) is 6.42 Å². The number of benzene rings is 1. The average molecular weight is 187 g/mol. The molecule has 0 saturated carbocycles. The van der Waals surface area contributed by atoms with Crippen LogP contribution in [0.3, 0.4) is 0 Å². The molecule has 0 heterocycles. The Labute approximate surface area is 86.5 Å². The van der Waals surface area contributed by atoms with E-state index in [1.54, 1.807) is 0 Å². The lowest BCUT2D eigenvalue weighted by molar-refractivity contribution is 0.915. The van der Waals surface area contributed by atoms with E-state index in [1.165, 1.54) is 11.3 Å². The Hall–Kier alpha value is -1.42. The van der Waals surface area contributed by atoms with E-state index in [9.17, 15) is 0 Å². The van der Waals surface area contributed by atoms with Crippen molar-refractivity contribution in [1.82, 2.24) is 0 Å². The van der Waals surface area contributed by atoms with Crippen LogP contribution in [0.4, 0.5) is 5.69 Å². The van der Waals surface area contributed by atoms with Gasteiger partial charge in [0.15, 0.2) is 0 Å². The maximum atomic E-state index is 5.33. The van der Waals surface area contributed by atoms with Gasteiger partial charge in [-0.25, -0.2) is 0 Å². The third-order valence-electron chi connectivity index (χ3n) is 2.16. The zero-order valence-electron chi connectivity index (χ0n) is 8.88. The van der Waals surface area contributed by atoms with E-state index in [0.717, 1.165) is 12.8 Å².